The van der Waals surface area contributed by atoms with Crippen LogP contribution in [-0.4, -0.2) is 29.4 Å². The lowest BCUT2D eigenvalue weighted by molar-refractivity contribution is -0.384. The number of amides is 1. The molecule has 0 spiro atoms. The summed E-state index contributed by atoms with van der Waals surface area (Å²) >= 11 is 0. The van der Waals surface area contributed by atoms with E-state index in [0.717, 1.165) is 0 Å². The number of hydrogen-bond donors (Lipinski definition) is 0. The number of Topliss-reactive ketones (excluding diaryl/α,β-unsaturated/α-hetero) is 1. The summed E-state index contributed by atoms with van der Waals surface area (Å²) in [5.41, 5.74) is 1.16. The van der Waals surface area contributed by atoms with Crippen molar-refractivity contribution in [2.45, 2.75) is 0 Å². The molecule has 0 aliphatic carbocycles. The topological polar surface area (TPSA) is 102 Å². The third kappa shape index (κ3) is 3.78. The van der Waals surface area contributed by atoms with E-state index in [2.05, 4.69) is 5.10 Å². The Hall–Kier alpha value is -4.33. The van der Waals surface area contributed by atoms with E-state index in [1.807, 2.05) is 6.07 Å². The zero-order chi connectivity index (χ0) is 22.0. The van der Waals surface area contributed by atoms with Crippen LogP contribution < -0.4 is 9.75 Å². The number of ketones is 1. The maximum atomic E-state index is 13.4. The van der Waals surface area contributed by atoms with Crippen molar-refractivity contribution < 1.29 is 19.2 Å². The van der Waals surface area contributed by atoms with E-state index in [1.54, 1.807) is 48.5 Å². The van der Waals surface area contributed by atoms with Gasteiger partial charge >= 0.3 is 0 Å². The predicted octanol–water partition coefficient (Wildman–Crippen LogP) is 3.85. The van der Waals surface area contributed by atoms with Gasteiger partial charge in [0.05, 0.1) is 23.4 Å². The van der Waals surface area contributed by atoms with Crippen molar-refractivity contribution >= 4 is 28.8 Å². The average Bonchev–Trinajstić information content (AvgIpc) is 3.16. The summed E-state index contributed by atoms with van der Waals surface area (Å²) in [6.07, 6.45) is 0. The maximum Gasteiger partial charge on any atom is 0.270 e. The average molecular weight is 415 g/mol. The fourth-order valence-electron chi connectivity index (χ4n) is 3.39. The number of methoxy groups -OCH3 is 1. The SMILES string of the molecule is COc1cccc(C2=NN(c3ccccc3)C(=O)[C@@H]2C(=O)c2cccc([N+](=O)[O-])c2)c1. The summed E-state index contributed by atoms with van der Waals surface area (Å²) in [6, 6.07) is 21.0. The van der Waals surface area contributed by atoms with Crippen LogP contribution in [-0.2, 0) is 4.79 Å². The zero-order valence-corrected chi connectivity index (χ0v) is 16.5. The second-order valence-electron chi connectivity index (χ2n) is 6.81. The molecule has 1 atom stereocenters. The lowest BCUT2D eigenvalue weighted by atomic mass is 9.89. The van der Waals surface area contributed by atoms with E-state index < -0.39 is 22.5 Å². The highest BCUT2D eigenvalue weighted by Gasteiger charge is 2.43. The summed E-state index contributed by atoms with van der Waals surface area (Å²) in [4.78, 5) is 37.2. The van der Waals surface area contributed by atoms with Gasteiger partial charge in [0.1, 0.15) is 11.7 Å². The number of benzene rings is 3. The highest BCUT2D eigenvalue weighted by molar-refractivity contribution is 6.34. The Kier molecular flexibility index (Phi) is 5.28. The quantitative estimate of drug-likeness (QED) is 0.263. The number of hydrazone groups is 1. The molecule has 0 saturated heterocycles. The third-order valence-electron chi connectivity index (χ3n) is 4.91. The molecule has 1 heterocycles. The molecule has 0 N–H and O–H groups in total. The molecular weight excluding hydrogens is 398 g/mol. The Labute approximate surface area is 177 Å². The van der Waals surface area contributed by atoms with Gasteiger partial charge in [-0.2, -0.15) is 10.1 Å². The number of carbonyl (C=O) groups excluding carboxylic acids is 2. The van der Waals surface area contributed by atoms with Crippen molar-refractivity contribution in [2.75, 3.05) is 12.1 Å². The van der Waals surface area contributed by atoms with Crippen molar-refractivity contribution in [3.05, 3.63) is 100 Å². The van der Waals surface area contributed by atoms with Crippen LogP contribution in [0.5, 0.6) is 5.75 Å². The van der Waals surface area contributed by atoms with Crippen LogP contribution in [0.4, 0.5) is 11.4 Å². The van der Waals surface area contributed by atoms with Crippen LogP contribution >= 0.6 is 0 Å². The molecule has 0 bridgehead atoms. The zero-order valence-electron chi connectivity index (χ0n) is 16.5. The lowest BCUT2D eigenvalue weighted by Gasteiger charge is -2.14. The molecule has 0 radical (unpaired) electrons. The molecule has 1 aliphatic rings. The number of ether oxygens (including phenoxy) is 1. The molecule has 1 aliphatic heterocycles. The summed E-state index contributed by atoms with van der Waals surface area (Å²) < 4.78 is 5.26. The van der Waals surface area contributed by atoms with E-state index in [9.17, 15) is 19.7 Å². The van der Waals surface area contributed by atoms with Crippen LogP contribution in [0.1, 0.15) is 15.9 Å². The normalized spacial score (nSPS) is 15.5. The van der Waals surface area contributed by atoms with Crippen molar-refractivity contribution in [1.29, 1.82) is 0 Å². The molecule has 0 fully saturated rings. The van der Waals surface area contributed by atoms with Gasteiger partial charge in [-0.15, -0.1) is 0 Å². The first kappa shape index (κ1) is 20.0. The molecule has 31 heavy (non-hydrogen) atoms. The third-order valence-corrected chi connectivity index (χ3v) is 4.91. The van der Waals surface area contributed by atoms with E-state index in [-0.39, 0.29) is 17.0 Å². The standard InChI is InChI=1S/C23H17N3O5/c1-31-19-12-6-7-15(14-19)21-20(22(27)16-8-5-11-18(13-16)26(29)30)23(28)25(24-21)17-9-3-2-4-10-17/h2-14,20H,1H3/t20-/m0/s1. The number of nitro groups is 1. The summed E-state index contributed by atoms with van der Waals surface area (Å²) in [5.74, 6) is -1.78. The number of non-ortho nitro benzene ring substituents is 1. The van der Waals surface area contributed by atoms with Gasteiger partial charge in [0.15, 0.2) is 5.78 Å². The van der Waals surface area contributed by atoms with E-state index in [1.165, 1.54) is 36.4 Å². The highest BCUT2D eigenvalue weighted by Crippen LogP contribution is 2.30. The lowest BCUT2D eigenvalue weighted by Crippen LogP contribution is -2.33. The van der Waals surface area contributed by atoms with Gasteiger partial charge in [0.25, 0.3) is 11.6 Å². The molecule has 1 amide bonds. The fraction of sp³-hybridized carbons (Fsp3) is 0.0870. The van der Waals surface area contributed by atoms with Gasteiger partial charge < -0.3 is 4.74 Å². The van der Waals surface area contributed by atoms with Crippen LogP contribution in [0.15, 0.2) is 84.0 Å². The summed E-state index contributed by atoms with van der Waals surface area (Å²) in [5, 5.41) is 16.8. The molecule has 8 heteroatoms. The Morgan fingerprint density at radius 1 is 1.03 bits per heavy atom. The Bertz CT molecular complexity index is 1210. The van der Waals surface area contributed by atoms with E-state index in [0.29, 0.717) is 17.0 Å². The number of hydrogen-bond acceptors (Lipinski definition) is 6. The van der Waals surface area contributed by atoms with Crippen LogP contribution in [0.3, 0.4) is 0 Å². The molecule has 3 aromatic rings. The Morgan fingerprint density at radius 2 is 1.77 bits per heavy atom. The molecule has 3 aromatic carbocycles. The largest absolute Gasteiger partial charge is 0.497 e. The van der Waals surface area contributed by atoms with Gasteiger partial charge in [-0.05, 0) is 24.3 Å². The molecular formula is C23H17N3O5. The van der Waals surface area contributed by atoms with Crippen molar-refractivity contribution in [2.24, 2.45) is 11.0 Å². The molecule has 154 valence electrons. The van der Waals surface area contributed by atoms with Crippen molar-refractivity contribution in [3.63, 3.8) is 0 Å². The van der Waals surface area contributed by atoms with Gasteiger partial charge in [-0.3, -0.25) is 19.7 Å². The van der Waals surface area contributed by atoms with Crippen LogP contribution in [0, 0.1) is 16.0 Å². The first-order valence-electron chi connectivity index (χ1n) is 9.40. The maximum absolute atomic E-state index is 13.4. The second-order valence-corrected chi connectivity index (χ2v) is 6.81. The Balaban J connectivity index is 1.81. The summed E-state index contributed by atoms with van der Waals surface area (Å²) in [6.45, 7) is 0. The minimum absolute atomic E-state index is 0.0676. The van der Waals surface area contributed by atoms with Gasteiger partial charge in [-0.1, -0.05) is 42.5 Å². The second kappa shape index (κ2) is 8.19. The number of anilines is 1. The van der Waals surface area contributed by atoms with Crippen molar-refractivity contribution in [3.8, 4) is 5.75 Å². The van der Waals surface area contributed by atoms with Gasteiger partial charge in [0, 0.05) is 23.3 Å². The number of nitrogens with zero attached hydrogens (tertiary/aromatic N) is 3. The minimum atomic E-state index is -1.24. The predicted molar refractivity (Wildman–Crippen MR) is 114 cm³/mol. The number of rotatable bonds is 6. The molecule has 8 nitrogen and oxygen atoms in total. The number of nitro benzene ring substituents is 1. The van der Waals surface area contributed by atoms with E-state index >= 15 is 0 Å². The first-order valence-corrected chi connectivity index (χ1v) is 9.40. The molecule has 0 aromatic heterocycles. The number of para-hydroxylation sites is 1. The molecule has 0 saturated carbocycles. The molecule has 0 unspecified atom stereocenters. The van der Waals surface area contributed by atoms with Gasteiger partial charge in [0.2, 0.25) is 0 Å². The van der Waals surface area contributed by atoms with Gasteiger partial charge in [-0.25, -0.2) is 0 Å². The first-order chi connectivity index (χ1) is 15.0. The molecule has 4 rings (SSSR count). The smallest absolute Gasteiger partial charge is 0.270 e. The Morgan fingerprint density at radius 3 is 2.48 bits per heavy atom. The highest BCUT2D eigenvalue weighted by atomic mass is 16.6. The number of carbonyl (C=O) groups is 2. The van der Waals surface area contributed by atoms with Crippen LogP contribution in [0.25, 0.3) is 0 Å². The van der Waals surface area contributed by atoms with E-state index in [4.69, 9.17) is 4.74 Å². The summed E-state index contributed by atoms with van der Waals surface area (Å²) in [7, 11) is 1.52. The monoisotopic (exact) mass is 415 g/mol. The fourth-order valence-corrected chi connectivity index (χ4v) is 3.39. The van der Waals surface area contributed by atoms with Crippen molar-refractivity contribution in [1.82, 2.24) is 0 Å². The van der Waals surface area contributed by atoms with Crippen LogP contribution in [0.2, 0.25) is 0 Å². The minimum Gasteiger partial charge on any atom is -0.497 e.